The van der Waals surface area contributed by atoms with Crippen LogP contribution in [0.25, 0.3) is 0 Å². The quantitative estimate of drug-likeness (QED) is 0.898. The van der Waals surface area contributed by atoms with Crippen LogP contribution < -0.4 is 5.73 Å². The Labute approximate surface area is 113 Å². The Kier molecular flexibility index (Phi) is 4.35. The molecule has 0 aromatic heterocycles. The number of halogens is 3. The zero-order valence-corrected chi connectivity index (χ0v) is 11.5. The average molecular weight is 320 g/mol. The van der Waals surface area contributed by atoms with Crippen LogP contribution in [-0.2, 0) is 0 Å². The summed E-state index contributed by atoms with van der Waals surface area (Å²) in [6.45, 7) is 0. The minimum absolute atomic E-state index is 0.0439. The molecular formula is C13H16BrF2NO. The van der Waals surface area contributed by atoms with Gasteiger partial charge < -0.3 is 10.8 Å². The van der Waals surface area contributed by atoms with Crippen molar-refractivity contribution in [3.63, 3.8) is 0 Å². The van der Waals surface area contributed by atoms with Gasteiger partial charge in [0.15, 0.2) is 0 Å². The van der Waals surface area contributed by atoms with Gasteiger partial charge in [0.05, 0.1) is 12.1 Å². The first-order valence-electron chi connectivity index (χ1n) is 6.09. The molecule has 2 rings (SSSR count). The molecule has 0 amide bonds. The third-order valence-corrected chi connectivity index (χ3v) is 4.09. The Morgan fingerprint density at radius 2 is 1.72 bits per heavy atom. The van der Waals surface area contributed by atoms with Crippen LogP contribution >= 0.6 is 15.9 Å². The molecule has 18 heavy (non-hydrogen) atoms. The van der Waals surface area contributed by atoms with Gasteiger partial charge in [-0.25, -0.2) is 8.78 Å². The fraction of sp³-hybridized carbons (Fsp3) is 0.538. The highest BCUT2D eigenvalue weighted by atomic mass is 79.9. The van der Waals surface area contributed by atoms with Gasteiger partial charge in [-0.3, -0.25) is 0 Å². The maximum atomic E-state index is 13.7. The SMILES string of the molecule is N[C@@H](c1c(F)cc(Br)cc1F)[C@H](O)C1CCCC1. The minimum Gasteiger partial charge on any atom is -0.391 e. The standard InChI is InChI=1S/C13H16BrF2NO/c14-8-5-9(15)11(10(16)6-8)12(17)13(18)7-3-1-2-4-7/h5-7,12-13,18H,1-4,17H2/t12-,13+/m0/s1. The van der Waals surface area contributed by atoms with Crippen molar-refractivity contribution in [3.05, 3.63) is 33.8 Å². The van der Waals surface area contributed by atoms with E-state index in [0.29, 0.717) is 4.47 Å². The molecule has 1 aromatic carbocycles. The lowest BCUT2D eigenvalue weighted by atomic mass is 9.90. The molecule has 1 aliphatic carbocycles. The Bertz CT molecular complexity index is 412. The number of rotatable bonds is 3. The zero-order valence-electron chi connectivity index (χ0n) is 9.87. The first-order valence-corrected chi connectivity index (χ1v) is 6.88. The van der Waals surface area contributed by atoms with Crippen LogP contribution in [0.1, 0.15) is 37.3 Å². The summed E-state index contributed by atoms with van der Waals surface area (Å²) in [4.78, 5) is 0. The molecule has 2 atom stereocenters. The molecule has 1 aliphatic rings. The molecular weight excluding hydrogens is 304 g/mol. The number of aliphatic hydroxyl groups excluding tert-OH is 1. The summed E-state index contributed by atoms with van der Waals surface area (Å²) in [5.41, 5.74) is 5.60. The van der Waals surface area contributed by atoms with Crippen molar-refractivity contribution >= 4 is 15.9 Å². The second kappa shape index (κ2) is 5.63. The van der Waals surface area contributed by atoms with E-state index in [2.05, 4.69) is 15.9 Å². The van der Waals surface area contributed by atoms with Crippen LogP contribution in [0, 0.1) is 17.6 Å². The van der Waals surface area contributed by atoms with Crippen molar-refractivity contribution in [2.45, 2.75) is 37.8 Å². The van der Waals surface area contributed by atoms with Gasteiger partial charge in [-0.1, -0.05) is 28.8 Å². The van der Waals surface area contributed by atoms with E-state index in [-0.39, 0.29) is 11.5 Å². The molecule has 0 bridgehead atoms. The van der Waals surface area contributed by atoms with Crippen LogP contribution in [-0.4, -0.2) is 11.2 Å². The summed E-state index contributed by atoms with van der Waals surface area (Å²) in [6, 6.07) is 1.32. The molecule has 100 valence electrons. The normalized spacial score (nSPS) is 20.1. The van der Waals surface area contributed by atoms with Crippen molar-refractivity contribution in [1.29, 1.82) is 0 Å². The number of aliphatic hydroxyl groups is 1. The predicted octanol–water partition coefficient (Wildman–Crippen LogP) is 3.28. The number of hydrogen-bond acceptors (Lipinski definition) is 2. The van der Waals surface area contributed by atoms with Gasteiger partial charge in [0.2, 0.25) is 0 Å². The lowest BCUT2D eigenvalue weighted by Crippen LogP contribution is -2.33. The molecule has 1 aromatic rings. The van der Waals surface area contributed by atoms with Gasteiger partial charge in [-0.05, 0) is 30.9 Å². The molecule has 0 spiro atoms. The van der Waals surface area contributed by atoms with Gasteiger partial charge in [-0.2, -0.15) is 0 Å². The summed E-state index contributed by atoms with van der Waals surface area (Å²) in [6.07, 6.45) is 2.93. The van der Waals surface area contributed by atoms with Crippen LogP contribution in [0.4, 0.5) is 8.78 Å². The molecule has 1 fully saturated rings. The minimum atomic E-state index is -1.01. The number of hydrogen-bond donors (Lipinski definition) is 2. The van der Waals surface area contributed by atoms with E-state index in [4.69, 9.17) is 5.73 Å². The summed E-state index contributed by atoms with van der Waals surface area (Å²) in [7, 11) is 0. The monoisotopic (exact) mass is 319 g/mol. The van der Waals surface area contributed by atoms with E-state index in [0.717, 1.165) is 25.7 Å². The van der Waals surface area contributed by atoms with Crippen molar-refractivity contribution < 1.29 is 13.9 Å². The third kappa shape index (κ3) is 2.73. The van der Waals surface area contributed by atoms with Crippen molar-refractivity contribution in [1.82, 2.24) is 0 Å². The highest BCUT2D eigenvalue weighted by Gasteiger charge is 2.31. The Morgan fingerprint density at radius 3 is 2.22 bits per heavy atom. The molecule has 0 aliphatic heterocycles. The van der Waals surface area contributed by atoms with E-state index < -0.39 is 23.8 Å². The van der Waals surface area contributed by atoms with Crippen molar-refractivity contribution in [3.8, 4) is 0 Å². The Balaban J connectivity index is 2.24. The van der Waals surface area contributed by atoms with E-state index in [1.165, 1.54) is 12.1 Å². The van der Waals surface area contributed by atoms with E-state index >= 15 is 0 Å². The molecule has 0 unspecified atom stereocenters. The summed E-state index contributed by atoms with van der Waals surface area (Å²) < 4.78 is 27.8. The third-order valence-electron chi connectivity index (χ3n) is 3.63. The average Bonchev–Trinajstić information content (AvgIpc) is 2.79. The van der Waals surface area contributed by atoms with Gasteiger partial charge in [-0.15, -0.1) is 0 Å². The molecule has 0 heterocycles. The highest BCUT2D eigenvalue weighted by Crippen LogP contribution is 2.34. The smallest absolute Gasteiger partial charge is 0.132 e. The lowest BCUT2D eigenvalue weighted by Gasteiger charge is -2.25. The van der Waals surface area contributed by atoms with Crippen LogP contribution in [0.2, 0.25) is 0 Å². The fourth-order valence-corrected chi connectivity index (χ4v) is 3.04. The lowest BCUT2D eigenvalue weighted by molar-refractivity contribution is 0.0819. The van der Waals surface area contributed by atoms with Crippen LogP contribution in [0.5, 0.6) is 0 Å². The number of benzene rings is 1. The van der Waals surface area contributed by atoms with E-state index in [1.54, 1.807) is 0 Å². The van der Waals surface area contributed by atoms with Gasteiger partial charge in [0, 0.05) is 10.0 Å². The van der Waals surface area contributed by atoms with Gasteiger partial charge in [0.25, 0.3) is 0 Å². The van der Waals surface area contributed by atoms with E-state index in [9.17, 15) is 13.9 Å². The Hall–Kier alpha value is -0.520. The molecule has 0 saturated heterocycles. The maximum Gasteiger partial charge on any atom is 0.132 e. The summed E-state index contributed by atoms with van der Waals surface area (Å²) in [5, 5.41) is 10.1. The largest absolute Gasteiger partial charge is 0.391 e. The molecule has 1 saturated carbocycles. The first kappa shape index (κ1) is 13.9. The van der Waals surface area contributed by atoms with Crippen LogP contribution in [0.3, 0.4) is 0 Å². The van der Waals surface area contributed by atoms with E-state index in [1.807, 2.05) is 0 Å². The number of nitrogens with two attached hydrogens (primary N) is 1. The molecule has 2 nitrogen and oxygen atoms in total. The van der Waals surface area contributed by atoms with Crippen molar-refractivity contribution in [2.24, 2.45) is 11.7 Å². The predicted molar refractivity (Wildman–Crippen MR) is 69.0 cm³/mol. The second-order valence-corrected chi connectivity index (χ2v) is 5.76. The molecule has 5 heteroatoms. The second-order valence-electron chi connectivity index (χ2n) is 4.84. The highest BCUT2D eigenvalue weighted by molar-refractivity contribution is 9.10. The van der Waals surface area contributed by atoms with Crippen molar-refractivity contribution in [2.75, 3.05) is 0 Å². The van der Waals surface area contributed by atoms with Gasteiger partial charge in [0.1, 0.15) is 11.6 Å². The topological polar surface area (TPSA) is 46.2 Å². The Morgan fingerprint density at radius 1 is 1.22 bits per heavy atom. The zero-order chi connectivity index (χ0) is 13.3. The first-order chi connectivity index (χ1) is 8.50. The summed E-state index contributed by atoms with van der Waals surface area (Å²) in [5.74, 6) is -1.39. The maximum absolute atomic E-state index is 13.7. The molecule has 3 N–H and O–H groups in total. The fourth-order valence-electron chi connectivity index (χ4n) is 2.63. The van der Waals surface area contributed by atoms with Crippen LogP contribution in [0.15, 0.2) is 16.6 Å². The van der Waals surface area contributed by atoms with Gasteiger partial charge >= 0.3 is 0 Å². The molecule has 0 radical (unpaired) electrons. The summed E-state index contributed by atoms with van der Waals surface area (Å²) >= 11 is 3.02.